The molecule has 1 heterocycles. The first-order valence-corrected chi connectivity index (χ1v) is 3.64. The molecule has 1 rings (SSSR count). The van der Waals surface area contributed by atoms with Gasteiger partial charge in [-0.2, -0.15) is 0 Å². The van der Waals surface area contributed by atoms with Gasteiger partial charge < -0.3 is 0 Å². The third-order valence-corrected chi connectivity index (χ3v) is 2.33. The molecule has 8 heavy (non-hydrogen) atoms. The third-order valence-electron chi connectivity index (χ3n) is 1.37. The first kappa shape index (κ1) is 6.66. The molecule has 1 saturated heterocycles. The Bertz CT molecular complexity index is 66.8. The maximum atomic E-state index is 5.76. The number of rotatable bonds is 0. The summed E-state index contributed by atoms with van der Waals surface area (Å²) in [5.74, 6) is 0. The van der Waals surface area contributed by atoms with E-state index in [1.54, 1.807) is 4.42 Å². The lowest BCUT2D eigenvalue weighted by Crippen LogP contribution is -2.27. The second-order valence-corrected chi connectivity index (χ2v) is 2.99. The molecular weight excluding hydrogens is 145 g/mol. The highest BCUT2D eigenvalue weighted by Crippen LogP contribution is 2.20. The number of piperidine rings is 1. The second kappa shape index (κ2) is 2.90. The second-order valence-electron chi connectivity index (χ2n) is 2.05. The summed E-state index contributed by atoms with van der Waals surface area (Å²) in [5.41, 5.74) is 0.0745. The maximum absolute atomic E-state index is 5.76. The van der Waals surface area contributed by atoms with E-state index in [-0.39, 0.29) is 5.50 Å². The van der Waals surface area contributed by atoms with Crippen LogP contribution in [-0.2, 0) is 0 Å². The zero-order chi connectivity index (χ0) is 5.98. The third kappa shape index (κ3) is 1.51. The molecule has 1 aliphatic rings. The van der Waals surface area contributed by atoms with Crippen LogP contribution >= 0.6 is 23.4 Å². The molecule has 0 aromatic heterocycles. The fourth-order valence-electron chi connectivity index (χ4n) is 0.856. The molecule has 0 saturated carbocycles. The Kier molecular flexibility index (Phi) is 2.42. The van der Waals surface area contributed by atoms with Gasteiger partial charge in [-0.3, -0.25) is 0 Å². The molecule has 0 aromatic carbocycles. The van der Waals surface area contributed by atoms with Crippen LogP contribution in [0.25, 0.3) is 0 Å². The van der Waals surface area contributed by atoms with Gasteiger partial charge in [0.25, 0.3) is 0 Å². The monoisotopic (exact) mass is 153 g/mol. The van der Waals surface area contributed by atoms with Crippen molar-refractivity contribution >= 4 is 23.4 Å². The van der Waals surface area contributed by atoms with Crippen LogP contribution in [0.15, 0.2) is 0 Å². The Morgan fingerprint density at radius 2 is 2.12 bits per heavy atom. The molecule has 1 nitrogen and oxygen atoms in total. The Morgan fingerprint density at radius 1 is 1.38 bits per heavy atom. The fourth-order valence-corrected chi connectivity index (χ4v) is 1.32. The molecule has 1 fully saturated rings. The van der Waals surface area contributed by atoms with E-state index in [0.717, 1.165) is 13.0 Å². The van der Waals surface area contributed by atoms with Gasteiger partial charge in [0.2, 0.25) is 0 Å². The minimum absolute atomic E-state index is 0.0745. The van der Waals surface area contributed by atoms with Crippen molar-refractivity contribution in [2.45, 2.75) is 24.8 Å². The van der Waals surface area contributed by atoms with Gasteiger partial charge >= 0.3 is 0 Å². The number of hydrogen-bond acceptors (Lipinski definition) is 1. The average molecular weight is 154 g/mol. The van der Waals surface area contributed by atoms with Crippen LogP contribution in [0.3, 0.4) is 0 Å². The number of hydrogen-bond donors (Lipinski definition) is 0. The highest BCUT2D eigenvalue weighted by atomic mass is 35.5. The summed E-state index contributed by atoms with van der Waals surface area (Å²) in [6.45, 7) is 0.940. The van der Waals surface area contributed by atoms with Crippen molar-refractivity contribution < 1.29 is 0 Å². The van der Waals surface area contributed by atoms with Gasteiger partial charge in [-0.25, -0.2) is 4.42 Å². The van der Waals surface area contributed by atoms with Crippen LogP contribution in [0.5, 0.6) is 0 Å². The van der Waals surface area contributed by atoms with E-state index >= 15 is 0 Å². The van der Waals surface area contributed by atoms with E-state index in [1.165, 1.54) is 12.8 Å². The van der Waals surface area contributed by atoms with Crippen LogP contribution in [-0.4, -0.2) is 16.5 Å². The summed E-state index contributed by atoms with van der Waals surface area (Å²) in [5, 5.41) is 0. The topological polar surface area (TPSA) is 3.24 Å². The summed E-state index contributed by atoms with van der Waals surface area (Å²) in [7, 11) is 0. The Morgan fingerprint density at radius 3 is 2.50 bits per heavy atom. The van der Waals surface area contributed by atoms with E-state index < -0.39 is 0 Å². The first-order valence-electron chi connectivity index (χ1n) is 2.87. The Labute approximate surface area is 59.7 Å². The van der Waals surface area contributed by atoms with Crippen molar-refractivity contribution in [1.29, 1.82) is 0 Å². The van der Waals surface area contributed by atoms with Gasteiger partial charge in [-0.05, 0) is 31.0 Å². The zero-order valence-electron chi connectivity index (χ0n) is 4.61. The summed E-state index contributed by atoms with van der Waals surface area (Å²) in [4.78, 5) is 0. The Hall–Kier alpha value is 0.540. The molecule has 3 heteroatoms. The normalized spacial score (nSPS) is 33.0. The Balaban J connectivity index is 2.28. The van der Waals surface area contributed by atoms with Crippen molar-refractivity contribution in [2.24, 2.45) is 0 Å². The predicted molar refractivity (Wildman–Crippen MR) is 36.1 cm³/mol. The standard InChI is InChI=1S/C5H9Cl2N/c6-5-3-1-2-4-8(5)7/h5H,1-4H2. The zero-order valence-corrected chi connectivity index (χ0v) is 6.12. The molecule has 1 atom stereocenters. The highest BCUT2D eigenvalue weighted by Gasteiger charge is 2.16. The lowest BCUT2D eigenvalue weighted by Gasteiger charge is -2.24. The van der Waals surface area contributed by atoms with Crippen molar-refractivity contribution in [3.63, 3.8) is 0 Å². The first-order chi connectivity index (χ1) is 3.80. The molecule has 0 amide bonds. The van der Waals surface area contributed by atoms with Gasteiger partial charge in [-0.15, -0.1) is 11.6 Å². The predicted octanol–water partition coefficient (Wildman–Crippen LogP) is 2.19. The van der Waals surface area contributed by atoms with E-state index in [4.69, 9.17) is 23.4 Å². The van der Waals surface area contributed by atoms with Crippen LogP contribution in [0, 0.1) is 0 Å². The van der Waals surface area contributed by atoms with E-state index in [0.29, 0.717) is 0 Å². The van der Waals surface area contributed by atoms with Gasteiger partial charge in [0, 0.05) is 6.54 Å². The van der Waals surface area contributed by atoms with E-state index in [9.17, 15) is 0 Å². The molecule has 0 radical (unpaired) electrons. The van der Waals surface area contributed by atoms with Crippen molar-refractivity contribution in [1.82, 2.24) is 4.42 Å². The van der Waals surface area contributed by atoms with Crippen LogP contribution < -0.4 is 0 Å². The van der Waals surface area contributed by atoms with Crippen LogP contribution in [0.2, 0.25) is 0 Å². The molecule has 1 aliphatic heterocycles. The van der Waals surface area contributed by atoms with Crippen LogP contribution in [0.1, 0.15) is 19.3 Å². The van der Waals surface area contributed by atoms with Crippen LogP contribution in [0.4, 0.5) is 0 Å². The van der Waals surface area contributed by atoms with Gasteiger partial charge in [0.1, 0.15) is 0 Å². The molecule has 0 aliphatic carbocycles. The lowest BCUT2D eigenvalue weighted by molar-refractivity contribution is 0.335. The lowest BCUT2D eigenvalue weighted by atomic mass is 10.2. The molecule has 0 bridgehead atoms. The summed E-state index contributed by atoms with van der Waals surface area (Å²) >= 11 is 11.4. The molecule has 1 unspecified atom stereocenters. The molecule has 0 N–H and O–H groups in total. The minimum atomic E-state index is 0.0745. The molecule has 48 valence electrons. The average Bonchev–Trinajstić information content (AvgIpc) is 1.77. The largest absolute Gasteiger partial charge is 0.202 e. The van der Waals surface area contributed by atoms with Gasteiger partial charge in [-0.1, -0.05) is 0 Å². The van der Waals surface area contributed by atoms with Crippen molar-refractivity contribution in [2.75, 3.05) is 6.54 Å². The summed E-state index contributed by atoms with van der Waals surface area (Å²) < 4.78 is 1.67. The smallest absolute Gasteiger partial charge is 0.0989 e. The van der Waals surface area contributed by atoms with Crippen molar-refractivity contribution in [3.05, 3.63) is 0 Å². The van der Waals surface area contributed by atoms with Gasteiger partial charge in [0.05, 0.1) is 5.50 Å². The summed E-state index contributed by atoms with van der Waals surface area (Å²) in [6.07, 6.45) is 3.44. The number of alkyl halides is 1. The van der Waals surface area contributed by atoms with Gasteiger partial charge in [0.15, 0.2) is 0 Å². The molecule has 0 spiro atoms. The molecule has 0 aromatic rings. The van der Waals surface area contributed by atoms with E-state index in [1.807, 2.05) is 0 Å². The van der Waals surface area contributed by atoms with E-state index in [2.05, 4.69) is 0 Å². The summed E-state index contributed by atoms with van der Waals surface area (Å²) in [6, 6.07) is 0. The highest BCUT2D eigenvalue weighted by molar-refractivity contribution is 6.25. The maximum Gasteiger partial charge on any atom is 0.0989 e. The minimum Gasteiger partial charge on any atom is -0.202 e. The number of nitrogens with zero attached hydrogens (tertiary/aromatic N) is 1. The van der Waals surface area contributed by atoms with Crippen molar-refractivity contribution in [3.8, 4) is 0 Å². The SMILES string of the molecule is ClC1CCCCN1Cl. The molecular formula is C5H9Cl2N. The number of halogens is 2. The fraction of sp³-hybridized carbons (Fsp3) is 1.00. The quantitative estimate of drug-likeness (QED) is 0.293.